The smallest absolute Gasteiger partial charge is 0.175 e. The van der Waals surface area contributed by atoms with Gasteiger partial charge < -0.3 is 14.8 Å². The predicted octanol–water partition coefficient (Wildman–Crippen LogP) is 6.93. The molecule has 0 aliphatic heterocycles. The largest absolute Gasteiger partial charge is 0.490 e. The summed E-state index contributed by atoms with van der Waals surface area (Å²) < 4.78 is 26.3. The van der Waals surface area contributed by atoms with Crippen molar-refractivity contribution in [3.05, 3.63) is 92.7 Å². The fourth-order valence-corrected chi connectivity index (χ4v) is 3.68. The zero-order chi connectivity index (χ0) is 20.6. The maximum absolute atomic E-state index is 13.9. The lowest BCUT2D eigenvalue weighted by Gasteiger charge is -2.16. The summed E-state index contributed by atoms with van der Waals surface area (Å²) in [6.07, 6.45) is 0. The van der Waals surface area contributed by atoms with Gasteiger partial charge in [0.25, 0.3) is 0 Å². The lowest BCUT2D eigenvalue weighted by atomic mass is 10.1. The second-order valence-electron chi connectivity index (χ2n) is 6.41. The molecule has 0 aromatic heterocycles. The summed E-state index contributed by atoms with van der Waals surface area (Å²) in [6, 6.07) is 18.2. The molecule has 1 N–H and O–H groups in total. The minimum Gasteiger partial charge on any atom is -0.490 e. The SMILES string of the molecule is CCOc1cc(CNCc2ccccc2Cl)cc(Br)c1OCc1ccccc1F.Cl. The molecule has 0 aliphatic carbocycles. The molecule has 3 nitrogen and oxygen atoms in total. The summed E-state index contributed by atoms with van der Waals surface area (Å²) in [5.74, 6) is 0.889. The first-order chi connectivity index (χ1) is 14.1. The fourth-order valence-electron chi connectivity index (χ4n) is 2.88. The van der Waals surface area contributed by atoms with Crippen molar-refractivity contribution >= 4 is 39.9 Å². The van der Waals surface area contributed by atoms with E-state index in [1.54, 1.807) is 18.2 Å². The van der Waals surface area contributed by atoms with E-state index in [1.165, 1.54) is 6.07 Å². The molecule has 0 saturated carbocycles. The van der Waals surface area contributed by atoms with Gasteiger partial charge in [-0.2, -0.15) is 0 Å². The number of benzene rings is 3. The Bertz CT molecular complexity index is 972. The molecule has 0 atom stereocenters. The predicted molar refractivity (Wildman–Crippen MR) is 125 cm³/mol. The van der Waals surface area contributed by atoms with Crippen LogP contribution in [0.5, 0.6) is 11.5 Å². The molecule has 0 bridgehead atoms. The van der Waals surface area contributed by atoms with Gasteiger partial charge in [0.15, 0.2) is 11.5 Å². The molecule has 0 heterocycles. The highest BCUT2D eigenvalue weighted by molar-refractivity contribution is 9.10. The average molecular weight is 515 g/mol. The van der Waals surface area contributed by atoms with E-state index in [-0.39, 0.29) is 24.8 Å². The van der Waals surface area contributed by atoms with E-state index in [2.05, 4.69) is 21.2 Å². The third kappa shape index (κ3) is 6.61. The molecule has 0 radical (unpaired) electrons. The molecule has 30 heavy (non-hydrogen) atoms. The summed E-state index contributed by atoms with van der Waals surface area (Å²) >= 11 is 9.77. The Morgan fingerprint density at radius 1 is 0.967 bits per heavy atom. The van der Waals surface area contributed by atoms with Crippen molar-refractivity contribution in [2.24, 2.45) is 0 Å². The number of halogens is 4. The molecule has 160 valence electrons. The van der Waals surface area contributed by atoms with Crippen LogP contribution in [-0.4, -0.2) is 6.61 Å². The quantitative estimate of drug-likeness (QED) is 0.335. The van der Waals surface area contributed by atoms with Crippen molar-refractivity contribution in [1.29, 1.82) is 0 Å². The van der Waals surface area contributed by atoms with Crippen LogP contribution in [-0.2, 0) is 19.7 Å². The van der Waals surface area contributed by atoms with Crippen molar-refractivity contribution in [2.45, 2.75) is 26.6 Å². The van der Waals surface area contributed by atoms with Gasteiger partial charge in [0.05, 0.1) is 11.1 Å². The molecule has 0 fully saturated rings. The van der Waals surface area contributed by atoms with Gasteiger partial charge in [0, 0.05) is 23.7 Å². The van der Waals surface area contributed by atoms with E-state index < -0.39 is 0 Å². The van der Waals surface area contributed by atoms with Crippen LogP contribution < -0.4 is 14.8 Å². The highest BCUT2D eigenvalue weighted by atomic mass is 79.9. The van der Waals surface area contributed by atoms with Gasteiger partial charge in [0.2, 0.25) is 0 Å². The van der Waals surface area contributed by atoms with Gasteiger partial charge in [-0.05, 0) is 58.2 Å². The van der Waals surface area contributed by atoms with Crippen LogP contribution in [0.15, 0.2) is 65.1 Å². The Labute approximate surface area is 196 Å². The molecule has 0 unspecified atom stereocenters. The zero-order valence-electron chi connectivity index (χ0n) is 16.5. The van der Waals surface area contributed by atoms with Gasteiger partial charge in [-0.25, -0.2) is 4.39 Å². The number of hydrogen-bond donors (Lipinski definition) is 1. The van der Waals surface area contributed by atoms with Gasteiger partial charge in [-0.1, -0.05) is 48.0 Å². The first-order valence-electron chi connectivity index (χ1n) is 9.34. The number of ether oxygens (including phenoxy) is 2. The summed E-state index contributed by atoms with van der Waals surface area (Å²) in [5.41, 5.74) is 2.57. The third-order valence-electron chi connectivity index (χ3n) is 4.30. The summed E-state index contributed by atoms with van der Waals surface area (Å²) in [5, 5.41) is 4.13. The second-order valence-corrected chi connectivity index (χ2v) is 7.67. The molecule has 0 spiro atoms. The van der Waals surface area contributed by atoms with Crippen LogP contribution in [0.1, 0.15) is 23.6 Å². The highest BCUT2D eigenvalue weighted by Crippen LogP contribution is 2.37. The lowest BCUT2D eigenvalue weighted by Crippen LogP contribution is -2.13. The minimum absolute atomic E-state index is 0. The highest BCUT2D eigenvalue weighted by Gasteiger charge is 2.14. The van der Waals surface area contributed by atoms with Crippen LogP contribution in [0.2, 0.25) is 5.02 Å². The Hall–Kier alpha value is -1.79. The van der Waals surface area contributed by atoms with Gasteiger partial charge >= 0.3 is 0 Å². The van der Waals surface area contributed by atoms with Crippen LogP contribution in [0, 0.1) is 5.82 Å². The van der Waals surface area contributed by atoms with E-state index in [9.17, 15) is 4.39 Å². The Morgan fingerprint density at radius 3 is 2.37 bits per heavy atom. The number of rotatable bonds is 9. The number of hydrogen-bond acceptors (Lipinski definition) is 3. The summed E-state index contributed by atoms with van der Waals surface area (Å²) in [6.45, 7) is 3.83. The van der Waals surface area contributed by atoms with Crippen LogP contribution in [0.25, 0.3) is 0 Å². The van der Waals surface area contributed by atoms with E-state index in [0.29, 0.717) is 36.8 Å². The normalized spacial score (nSPS) is 10.4. The van der Waals surface area contributed by atoms with Crippen LogP contribution >= 0.6 is 39.9 Å². The lowest BCUT2D eigenvalue weighted by molar-refractivity contribution is 0.264. The topological polar surface area (TPSA) is 30.5 Å². The van der Waals surface area contributed by atoms with Gasteiger partial charge in [0.1, 0.15) is 12.4 Å². The molecule has 3 rings (SSSR count). The van der Waals surface area contributed by atoms with Crippen molar-refractivity contribution in [3.8, 4) is 11.5 Å². The fraction of sp³-hybridized carbons (Fsp3) is 0.217. The molecule has 7 heteroatoms. The first-order valence-corrected chi connectivity index (χ1v) is 10.5. The molecular formula is C23H23BrCl2FNO2. The molecule has 0 aliphatic rings. The van der Waals surface area contributed by atoms with Gasteiger partial charge in [-0.15, -0.1) is 12.4 Å². The van der Waals surface area contributed by atoms with Crippen molar-refractivity contribution in [3.63, 3.8) is 0 Å². The monoisotopic (exact) mass is 513 g/mol. The Morgan fingerprint density at radius 2 is 1.67 bits per heavy atom. The molecular weight excluding hydrogens is 492 g/mol. The number of nitrogens with one attached hydrogen (secondary N) is 1. The van der Waals surface area contributed by atoms with E-state index in [1.807, 2.05) is 43.3 Å². The Balaban J connectivity index is 0.00000320. The standard InChI is InChI=1S/C23H22BrClFNO2.ClH/c1-2-28-22-12-16(13-27-14-17-7-3-5-9-20(17)25)11-19(24)23(22)29-15-18-8-4-6-10-21(18)26;/h3-12,27H,2,13-15H2,1H3;1H. The molecule has 3 aromatic rings. The van der Waals surface area contributed by atoms with Gasteiger partial charge in [-0.3, -0.25) is 0 Å². The summed E-state index contributed by atoms with van der Waals surface area (Å²) in [7, 11) is 0. The van der Waals surface area contributed by atoms with E-state index in [0.717, 1.165) is 20.6 Å². The minimum atomic E-state index is -0.290. The maximum atomic E-state index is 13.9. The molecule has 3 aromatic carbocycles. The van der Waals surface area contributed by atoms with Crippen LogP contribution in [0.3, 0.4) is 0 Å². The molecule has 0 amide bonds. The van der Waals surface area contributed by atoms with E-state index in [4.69, 9.17) is 21.1 Å². The van der Waals surface area contributed by atoms with Crippen molar-refractivity contribution in [2.75, 3.05) is 6.61 Å². The van der Waals surface area contributed by atoms with Crippen molar-refractivity contribution in [1.82, 2.24) is 5.32 Å². The van der Waals surface area contributed by atoms with Crippen LogP contribution in [0.4, 0.5) is 4.39 Å². The second kappa shape index (κ2) is 12.2. The third-order valence-corrected chi connectivity index (χ3v) is 5.26. The first kappa shape index (κ1) is 24.5. The zero-order valence-corrected chi connectivity index (χ0v) is 19.6. The maximum Gasteiger partial charge on any atom is 0.175 e. The average Bonchev–Trinajstić information content (AvgIpc) is 2.70. The Kier molecular flexibility index (Phi) is 9.92. The molecule has 0 saturated heterocycles. The summed E-state index contributed by atoms with van der Waals surface area (Å²) in [4.78, 5) is 0. The van der Waals surface area contributed by atoms with E-state index >= 15 is 0 Å². The van der Waals surface area contributed by atoms with Crippen molar-refractivity contribution < 1.29 is 13.9 Å².